The second-order valence-electron chi connectivity index (χ2n) is 9.36. The summed E-state index contributed by atoms with van der Waals surface area (Å²) in [5.41, 5.74) is 5.64. The molecule has 1 aromatic heterocycles. The SMILES string of the molecule is CSc1nc2c(c(=O)[nH]1)C(c1ccc3c(c1)OCO3)C1=C(N2)/C(=C/c2ccc3c(c2)OCO3)CN(C)C1. The number of hydrogen-bond acceptors (Lipinski definition) is 9. The van der Waals surface area contributed by atoms with Crippen LogP contribution in [0.3, 0.4) is 0 Å². The number of thioether (sulfide) groups is 1. The van der Waals surface area contributed by atoms with Crippen molar-refractivity contribution >= 4 is 23.7 Å². The number of rotatable bonds is 3. The van der Waals surface area contributed by atoms with Crippen LogP contribution in [0.5, 0.6) is 23.0 Å². The maximum Gasteiger partial charge on any atom is 0.257 e. The summed E-state index contributed by atoms with van der Waals surface area (Å²) in [6.45, 7) is 1.87. The zero-order valence-electron chi connectivity index (χ0n) is 20.3. The van der Waals surface area contributed by atoms with E-state index in [2.05, 4.69) is 28.3 Å². The zero-order valence-corrected chi connectivity index (χ0v) is 21.1. The van der Waals surface area contributed by atoms with Crippen molar-refractivity contribution in [2.45, 2.75) is 11.1 Å². The van der Waals surface area contributed by atoms with E-state index in [-0.39, 0.29) is 25.1 Å². The predicted molar refractivity (Wildman–Crippen MR) is 140 cm³/mol. The first-order chi connectivity index (χ1) is 18.1. The summed E-state index contributed by atoms with van der Waals surface area (Å²) in [4.78, 5) is 23.4. The smallest absolute Gasteiger partial charge is 0.257 e. The van der Waals surface area contributed by atoms with Gasteiger partial charge in [-0.05, 0) is 65.9 Å². The Hall–Kier alpha value is -3.89. The van der Waals surface area contributed by atoms with Gasteiger partial charge in [-0.3, -0.25) is 9.69 Å². The zero-order chi connectivity index (χ0) is 25.1. The molecule has 9 nitrogen and oxygen atoms in total. The van der Waals surface area contributed by atoms with Crippen molar-refractivity contribution in [3.63, 3.8) is 0 Å². The molecule has 0 amide bonds. The number of anilines is 1. The Labute approximate surface area is 217 Å². The lowest BCUT2D eigenvalue weighted by Gasteiger charge is -2.38. The summed E-state index contributed by atoms with van der Waals surface area (Å²) in [5, 5.41) is 4.11. The number of fused-ring (bicyclic) bond motifs is 3. The molecule has 0 saturated carbocycles. The topological polar surface area (TPSA) is 97.9 Å². The number of hydrogen-bond donors (Lipinski definition) is 2. The van der Waals surface area contributed by atoms with Gasteiger partial charge in [0, 0.05) is 24.7 Å². The monoisotopic (exact) mass is 516 g/mol. The molecule has 0 fully saturated rings. The van der Waals surface area contributed by atoms with Crippen molar-refractivity contribution in [3.8, 4) is 23.0 Å². The fraction of sp³-hybridized carbons (Fsp3) is 0.259. The Morgan fingerprint density at radius 3 is 2.51 bits per heavy atom. The van der Waals surface area contributed by atoms with Gasteiger partial charge in [0.25, 0.3) is 5.56 Å². The van der Waals surface area contributed by atoms with Crippen LogP contribution < -0.4 is 29.8 Å². The van der Waals surface area contributed by atoms with Crippen LogP contribution >= 0.6 is 11.8 Å². The van der Waals surface area contributed by atoms with E-state index in [0.29, 0.717) is 34.6 Å². The van der Waals surface area contributed by atoms with Crippen LogP contribution in [0.1, 0.15) is 22.6 Å². The van der Waals surface area contributed by atoms with Crippen LogP contribution in [0, 0.1) is 0 Å². The van der Waals surface area contributed by atoms with E-state index in [1.54, 1.807) is 0 Å². The molecule has 0 aliphatic carbocycles. The van der Waals surface area contributed by atoms with Gasteiger partial charge >= 0.3 is 0 Å². The van der Waals surface area contributed by atoms with Gasteiger partial charge in [-0.1, -0.05) is 23.9 Å². The molecular weight excluding hydrogens is 492 g/mol. The summed E-state index contributed by atoms with van der Waals surface area (Å²) in [7, 11) is 2.09. The van der Waals surface area contributed by atoms with Gasteiger partial charge in [0.1, 0.15) is 5.82 Å². The number of H-pyrrole nitrogens is 1. The second kappa shape index (κ2) is 8.60. The normalized spacial score (nSPS) is 20.6. The minimum absolute atomic E-state index is 0.148. The fourth-order valence-corrected chi connectivity index (χ4v) is 5.77. The van der Waals surface area contributed by atoms with E-state index in [1.165, 1.54) is 11.8 Å². The molecule has 188 valence electrons. The lowest BCUT2D eigenvalue weighted by Crippen LogP contribution is -2.38. The summed E-state index contributed by atoms with van der Waals surface area (Å²) in [6.07, 6.45) is 4.05. The van der Waals surface area contributed by atoms with E-state index < -0.39 is 0 Å². The first-order valence-corrected chi connectivity index (χ1v) is 13.2. The average Bonchev–Trinajstić information content (AvgIpc) is 3.56. The second-order valence-corrected chi connectivity index (χ2v) is 10.2. The summed E-state index contributed by atoms with van der Waals surface area (Å²) < 4.78 is 22.3. The molecule has 2 N–H and O–H groups in total. The van der Waals surface area contributed by atoms with E-state index in [1.807, 2.05) is 42.7 Å². The highest BCUT2D eigenvalue weighted by Crippen LogP contribution is 2.46. The van der Waals surface area contributed by atoms with Crippen molar-refractivity contribution in [3.05, 3.63) is 80.3 Å². The third kappa shape index (κ3) is 3.75. The first-order valence-electron chi connectivity index (χ1n) is 11.9. The molecule has 0 spiro atoms. The van der Waals surface area contributed by atoms with Crippen molar-refractivity contribution in [2.75, 3.05) is 45.3 Å². The number of nitrogens with zero attached hydrogens (tertiary/aromatic N) is 2. The molecule has 4 aliphatic heterocycles. The van der Waals surface area contributed by atoms with Crippen molar-refractivity contribution in [1.82, 2.24) is 14.9 Å². The molecule has 3 aromatic rings. The highest BCUT2D eigenvalue weighted by Gasteiger charge is 2.37. The van der Waals surface area contributed by atoms with Gasteiger partial charge in [-0.2, -0.15) is 0 Å². The summed E-state index contributed by atoms with van der Waals surface area (Å²) in [6, 6.07) is 11.8. The van der Waals surface area contributed by atoms with Gasteiger partial charge in [-0.25, -0.2) is 4.98 Å². The molecule has 2 aromatic carbocycles. The maximum atomic E-state index is 13.4. The number of ether oxygens (including phenoxy) is 4. The Morgan fingerprint density at radius 2 is 1.73 bits per heavy atom. The molecule has 4 aliphatic rings. The summed E-state index contributed by atoms with van der Waals surface area (Å²) >= 11 is 1.41. The predicted octanol–water partition coefficient (Wildman–Crippen LogP) is 3.79. The lowest BCUT2D eigenvalue weighted by molar-refractivity contribution is 0.173. The first kappa shape index (κ1) is 22.3. The van der Waals surface area contributed by atoms with Gasteiger partial charge in [-0.15, -0.1) is 0 Å². The van der Waals surface area contributed by atoms with Crippen LogP contribution in [0.15, 0.2) is 63.2 Å². The minimum Gasteiger partial charge on any atom is -0.454 e. The number of nitrogens with one attached hydrogen (secondary N) is 2. The number of aromatic amines is 1. The molecule has 5 heterocycles. The van der Waals surface area contributed by atoms with Gasteiger partial charge < -0.3 is 29.2 Å². The highest BCUT2D eigenvalue weighted by atomic mass is 32.2. The van der Waals surface area contributed by atoms with Crippen LogP contribution in [0.4, 0.5) is 5.82 Å². The standard InChI is InChI=1S/C27H24N4O5S/c1-31-10-16(7-14-3-5-18-20(8-14)35-12-33-18)24-17(11-31)22(15-4-6-19-21(9-15)36-13-34-19)23-25(28-24)29-27(37-2)30-26(23)32/h3-9,22H,10-13H2,1-2H3,(H2,28,29,30,32)/b16-7+. The fourth-order valence-electron chi connectivity index (χ4n) is 5.39. The van der Waals surface area contributed by atoms with Crippen LogP contribution in [0.2, 0.25) is 0 Å². The van der Waals surface area contributed by atoms with E-state index in [4.69, 9.17) is 23.9 Å². The molecule has 7 rings (SSSR count). The Morgan fingerprint density at radius 1 is 1.00 bits per heavy atom. The Balaban J connectivity index is 1.41. The summed E-state index contributed by atoms with van der Waals surface area (Å²) in [5.74, 6) is 3.17. The highest BCUT2D eigenvalue weighted by molar-refractivity contribution is 7.98. The average molecular weight is 517 g/mol. The molecule has 1 unspecified atom stereocenters. The van der Waals surface area contributed by atoms with Gasteiger partial charge in [0.15, 0.2) is 28.2 Å². The Bertz CT molecular complexity index is 1560. The molecule has 0 saturated heterocycles. The minimum atomic E-state index is -0.296. The molecule has 0 bridgehead atoms. The van der Waals surface area contributed by atoms with Crippen LogP contribution in [-0.4, -0.2) is 54.8 Å². The quantitative estimate of drug-likeness (QED) is 0.398. The van der Waals surface area contributed by atoms with Crippen LogP contribution in [-0.2, 0) is 0 Å². The molecule has 10 heteroatoms. The third-order valence-corrected chi connectivity index (χ3v) is 7.58. The number of benzene rings is 2. The van der Waals surface area contributed by atoms with Crippen molar-refractivity contribution in [2.24, 2.45) is 0 Å². The van der Waals surface area contributed by atoms with Crippen LogP contribution in [0.25, 0.3) is 6.08 Å². The molecule has 1 atom stereocenters. The van der Waals surface area contributed by atoms with Gasteiger partial charge in [0.2, 0.25) is 13.6 Å². The molecular formula is C27H24N4O5S. The third-order valence-electron chi connectivity index (χ3n) is 7.00. The van der Waals surface area contributed by atoms with E-state index in [0.717, 1.165) is 46.0 Å². The number of aromatic nitrogens is 2. The van der Waals surface area contributed by atoms with E-state index in [9.17, 15) is 4.79 Å². The lowest BCUT2D eigenvalue weighted by atomic mass is 9.79. The van der Waals surface area contributed by atoms with Crippen molar-refractivity contribution < 1.29 is 18.9 Å². The largest absolute Gasteiger partial charge is 0.454 e. The molecule has 0 radical (unpaired) electrons. The Kier molecular flexibility index (Phi) is 5.19. The van der Waals surface area contributed by atoms with E-state index >= 15 is 0 Å². The number of likely N-dealkylation sites (N-methyl/N-ethyl adjacent to an activating group) is 1. The maximum absolute atomic E-state index is 13.4. The molecule has 37 heavy (non-hydrogen) atoms. The van der Waals surface area contributed by atoms with Crippen molar-refractivity contribution in [1.29, 1.82) is 0 Å². The van der Waals surface area contributed by atoms with Gasteiger partial charge in [0.05, 0.1) is 5.56 Å².